The number of halogens is 1. The van der Waals surface area contributed by atoms with E-state index in [1.54, 1.807) is 6.07 Å². The minimum atomic E-state index is -0.0588. The lowest BCUT2D eigenvalue weighted by Gasteiger charge is -2.29. The SMILES string of the molecule is CCc1nn(-c2ccc(C#N)c(Br)c2)c2c1C(=O)CC(C)(C)C2. The number of carbonyl (C=O) groups is 1. The molecule has 118 valence electrons. The molecule has 5 heteroatoms. The highest BCUT2D eigenvalue weighted by atomic mass is 79.9. The fourth-order valence-electron chi connectivity index (χ4n) is 3.21. The quantitative estimate of drug-likeness (QED) is 0.793. The molecular formula is C18H18BrN3O. The van der Waals surface area contributed by atoms with E-state index in [2.05, 4.69) is 40.9 Å². The van der Waals surface area contributed by atoms with Gasteiger partial charge in [-0.1, -0.05) is 20.8 Å². The van der Waals surface area contributed by atoms with Gasteiger partial charge in [0.2, 0.25) is 0 Å². The normalized spacial score (nSPS) is 16.0. The predicted octanol–water partition coefficient (Wildman–Crippen LogP) is 4.22. The summed E-state index contributed by atoms with van der Waals surface area (Å²) in [4.78, 5) is 12.6. The van der Waals surface area contributed by atoms with Gasteiger partial charge in [-0.25, -0.2) is 4.68 Å². The number of nitriles is 1. The highest BCUT2D eigenvalue weighted by molar-refractivity contribution is 9.10. The highest BCUT2D eigenvalue weighted by Gasteiger charge is 2.36. The number of hydrogen-bond donors (Lipinski definition) is 0. The Balaban J connectivity index is 2.20. The minimum absolute atomic E-state index is 0.0588. The molecule has 2 aromatic rings. The van der Waals surface area contributed by atoms with Gasteiger partial charge in [0.15, 0.2) is 5.78 Å². The van der Waals surface area contributed by atoms with Gasteiger partial charge in [-0.2, -0.15) is 10.4 Å². The van der Waals surface area contributed by atoms with Gasteiger partial charge in [0.05, 0.1) is 28.2 Å². The molecule has 0 bridgehead atoms. The molecule has 0 unspecified atom stereocenters. The smallest absolute Gasteiger partial charge is 0.167 e. The first kappa shape index (κ1) is 15.9. The van der Waals surface area contributed by atoms with Crippen molar-refractivity contribution in [2.75, 3.05) is 0 Å². The molecule has 0 N–H and O–H groups in total. The second-order valence-corrected chi connectivity index (χ2v) is 7.60. The molecule has 0 spiro atoms. The third-order valence-corrected chi connectivity index (χ3v) is 4.93. The first-order chi connectivity index (χ1) is 10.9. The van der Waals surface area contributed by atoms with Crippen LogP contribution in [0.1, 0.15) is 54.5 Å². The van der Waals surface area contributed by atoms with Crippen molar-refractivity contribution in [2.45, 2.75) is 40.0 Å². The zero-order chi connectivity index (χ0) is 16.8. The molecule has 0 amide bonds. The average molecular weight is 372 g/mol. The maximum atomic E-state index is 12.6. The van der Waals surface area contributed by atoms with Crippen LogP contribution < -0.4 is 0 Å². The third-order valence-electron chi connectivity index (χ3n) is 4.27. The van der Waals surface area contributed by atoms with Crippen molar-refractivity contribution in [3.05, 3.63) is 45.2 Å². The first-order valence-electron chi connectivity index (χ1n) is 7.70. The van der Waals surface area contributed by atoms with Gasteiger partial charge in [0.1, 0.15) is 6.07 Å². The van der Waals surface area contributed by atoms with Gasteiger partial charge in [-0.15, -0.1) is 0 Å². The van der Waals surface area contributed by atoms with E-state index < -0.39 is 0 Å². The van der Waals surface area contributed by atoms with Crippen molar-refractivity contribution in [3.63, 3.8) is 0 Å². The Bertz CT molecular complexity index is 843. The summed E-state index contributed by atoms with van der Waals surface area (Å²) >= 11 is 3.43. The van der Waals surface area contributed by atoms with Crippen molar-refractivity contribution in [2.24, 2.45) is 5.41 Å². The van der Waals surface area contributed by atoms with Crippen molar-refractivity contribution in [3.8, 4) is 11.8 Å². The number of aryl methyl sites for hydroxylation is 1. The fourth-order valence-corrected chi connectivity index (χ4v) is 3.67. The van der Waals surface area contributed by atoms with E-state index in [0.717, 1.165) is 40.0 Å². The number of rotatable bonds is 2. The van der Waals surface area contributed by atoms with E-state index in [4.69, 9.17) is 5.26 Å². The maximum Gasteiger partial charge on any atom is 0.167 e. The van der Waals surface area contributed by atoms with Crippen molar-refractivity contribution in [1.82, 2.24) is 9.78 Å². The van der Waals surface area contributed by atoms with Crippen LogP contribution in [0.25, 0.3) is 5.69 Å². The molecular weight excluding hydrogens is 354 g/mol. The lowest BCUT2D eigenvalue weighted by molar-refractivity contribution is 0.0910. The molecule has 1 aliphatic carbocycles. The number of hydrogen-bond acceptors (Lipinski definition) is 3. The van der Waals surface area contributed by atoms with Gasteiger partial charge in [0.25, 0.3) is 0 Å². The van der Waals surface area contributed by atoms with Crippen molar-refractivity contribution in [1.29, 1.82) is 5.26 Å². The Morgan fingerprint density at radius 3 is 2.74 bits per heavy atom. The summed E-state index contributed by atoms with van der Waals surface area (Å²) in [7, 11) is 0. The lowest BCUT2D eigenvalue weighted by Crippen LogP contribution is -2.28. The van der Waals surface area contributed by atoms with Gasteiger partial charge < -0.3 is 0 Å². The minimum Gasteiger partial charge on any atom is -0.294 e. The molecule has 3 rings (SSSR count). The summed E-state index contributed by atoms with van der Waals surface area (Å²) in [5, 5.41) is 13.8. The molecule has 0 radical (unpaired) electrons. The topological polar surface area (TPSA) is 58.7 Å². The predicted molar refractivity (Wildman–Crippen MR) is 91.8 cm³/mol. The van der Waals surface area contributed by atoms with Crippen LogP contribution in [-0.4, -0.2) is 15.6 Å². The van der Waals surface area contributed by atoms with Crippen LogP contribution >= 0.6 is 15.9 Å². The number of fused-ring (bicyclic) bond motifs is 1. The number of nitrogens with zero attached hydrogens (tertiary/aromatic N) is 3. The number of Topliss-reactive ketones (excluding diaryl/α,β-unsaturated/α-hetero) is 1. The second kappa shape index (κ2) is 5.61. The third kappa shape index (κ3) is 2.72. The molecule has 23 heavy (non-hydrogen) atoms. The lowest BCUT2D eigenvalue weighted by atomic mass is 9.75. The van der Waals surface area contributed by atoms with Crippen molar-refractivity contribution < 1.29 is 4.79 Å². The monoisotopic (exact) mass is 371 g/mol. The van der Waals surface area contributed by atoms with Gasteiger partial charge in [-0.05, 0) is 52.4 Å². The molecule has 0 fully saturated rings. The van der Waals surface area contributed by atoms with Crippen LogP contribution in [-0.2, 0) is 12.8 Å². The van der Waals surface area contributed by atoms with E-state index in [1.165, 1.54) is 0 Å². The molecule has 0 saturated carbocycles. The van der Waals surface area contributed by atoms with Gasteiger partial charge in [-0.3, -0.25) is 4.79 Å². The Kier molecular flexibility index (Phi) is 3.89. The van der Waals surface area contributed by atoms with E-state index in [9.17, 15) is 4.79 Å². The van der Waals surface area contributed by atoms with Crippen molar-refractivity contribution >= 4 is 21.7 Å². The summed E-state index contributed by atoms with van der Waals surface area (Å²) in [5.41, 5.74) is 4.05. The van der Waals surface area contributed by atoms with Crippen LogP contribution in [0.5, 0.6) is 0 Å². The fraction of sp³-hybridized carbons (Fsp3) is 0.389. The van der Waals surface area contributed by atoms with Crippen LogP contribution in [0.15, 0.2) is 22.7 Å². The average Bonchev–Trinajstić information content (AvgIpc) is 2.84. The largest absolute Gasteiger partial charge is 0.294 e. The molecule has 1 aromatic heterocycles. The van der Waals surface area contributed by atoms with E-state index in [0.29, 0.717) is 12.0 Å². The standard InChI is InChI=1S/C18H18BrN3O/c1-4-14-17-15(8-18(2,3)9-16(17)23)22(21-14)12-6-5-11(10-20)13(19)7-12/h5-7H,4,8-9H2,1-3H3. The van der Waals surface area contributed by atoms with E-state index in [-0.39, 0.29) is 11.2 Å². The zero-order valence-electron chi connectivity index (χ0n) is 13.5. The van der Waals surface area contributed by atoms with Gasteiger partial charge in [0, 0.05) is 10.9 Å². The molecule has 0 atom stereocenters. The van der Waals surface area contributed by atoms with E-state index in [1.807, 2.05) is 23.7 Å². The molecule has 0 aliphatic heterocycles. The molecule has 0 saturated heterocycles. The highest BCUT2D eigenvalue weighted by Crippen LogP contribution is 2.37. The number of ketones is 1. The Morgan fingerprint density at radius 1 is 1.39 bits per heavy atom. The second-order valence-electron chi connectivity index (χ2n) is 6.75. The van der Waals surface area contributed by atoms with Crippen LogP contribution in [0, 0.1) is 16.7 Å². The molecule has 1 aliphatic rings. The number of carbonyl (C=O) groups excluding carboxylic acids is 1. The van der Waals surface area contributed by atoms with E-state index >= 15 is 0 Å². The van der Waals surface area contributed by atoms with Gasteiger partial charge >= 0.3 is 0 Å². The van der Waals surface area contributed by atoms with Crippen LogP contribution in [0.4, 0.5) is 0 Å². The molecule has 1 heterocycles. The molecule has 1 aromatic carbocycles. The van der Waals surface area contributed by atoms with Crippen LogP contribution in [0.3, 0.4) is 0 Å². The maximum absolute atomic E-state index is 12.6. The summed E-state index contributed by atoms with van der Waals surface area (Å²) < 4.78 is 2.61. The Hall–Kier alpha value is -1.93. The summed E-state index contributed by atoms with van der Waals surface area (Å²) in [5.74, 6) is 0.187. The Morgan fingerprint density at radius 2 is 2.13 bits per heavy atom. The first-order valence-corrected chi connectivity index (χ1v) is 8.49. The molecule has 4 nitrogen and oxygen atoms in total. The summed E-state index contributed by atoms with van der Waals surface area (Å²) in [6.07, 6.45) is 2.12. The summed E-state index contributed by atoms with van der Waals surface area (Å²) in [6.45, 7) is 6.26. The summed E-state index contributed by atoms with van der Waals surface area (Å²) in [6, 6.07) is 7.68. The van der Waals surface area contributed by atoms with Crippen LogP contribution in [0.2, 0.25) is 0 Å². The number of aromatic nitrogens is 2. The zero-order valence-corrected chi connectivity index (χ0v) is 15.1. The number of benzene rings is 1. The Labute approximate surface area is 144 Å².